The molecule has 2 heterocycles. The molecule has 0 aliphatic carbocycles. The molecular weight excluding hydrogens is 402 g/mol. The molecule has 0 spiro atoms. The molecule has 2 N–H and O–H groups in total. The van der Waals surface area contributed by atoms with Crippen molar-refractivity contribution in [2.45, 2.75) is 6.42 Å². The minimum atomic E-state index is -0.939. The molecule has 0 unspecified atom stereocenters. The number of hydrogen-bond donors (Lipinski definition) is 1. The Hall–Kier alpha value is -2.13. The highest BCUT2D eigenvalue weighted by Gasteiger charge is 2.20. The van der Waals surface area contributed by atoms with Gasteiger partial charge in [0.2, 0.25) is 5.13 Å². The molecule has 0 aliphatic rings. The van der Waals surface area contributed by atoms with Crippen LogP contribution in [0.2, 0.25) is 0 Å². The van der Waals surface area contributed by atoms with E-state index in [0.717, 1.165) is 15.9 Å². The number of aryl methyl sites for hydroxylation is 1. The van der Waals surface area contributed by atoms with Crippen LogP contribution in [0.3, 0.4) is 0 Å². The predicted octanol–water partition coefficient (Wildman–Crippen LogP) is 3.12. The Balaban J connectivity index is 2.18. The van der Waals surface area contributed by atoms with Crippen LogP contribution in [0.4, 0.5) is 13.9 Å². The van der Waals surface area contributed by atoms with Crippen LogP contribution < -0.4 is 11.3 Å². The van der Waals surface area contributed by atoms with Crippen molar-refractivity contribution in [3.8, 4) is 10.6 Å². The summed E-state index contributed by atoms with van der Waals surface area (Å²) >= 11 is 4.24. The Morgan fingerprint density at radius 2 is 2.08 bits per heavy atom. The zero-order chi connectivity index (χ0) is 17.4. The lowest BCUT2D eigenvalue weighted by atomic mass is 10.0. The smallest absolute Gasteiger partial charge is 0.286 e. The Labute approximate surface area is 147 Å². The molecule has 3 rings (SSSR count). The summed E-state index contributed by atoms with van der Waals surface area (Å²) in [5.41, 5.74) is 5.49. The molecule has 24 heavy (non-hydrogen) atoms. The Bertz CT molecular complexity index is 986. The fourth-order valence-electron chi connectivity index (χ4n) is 2.29. The molecule has 0 aliphatic heterocycles. The van der Waals surface area contributed by atoms with Gasteiger partial charge in [-0.15, -0.1) is 10.2 Å². The molecule has 0 saturated carbocycles. The number of pyridine rings is 1. The Morgan fingerprint density at radius 1 is 1.33 bits per heavy atom. The van der Waals surface area contributed by atoms with Gasteiger partial charge in [-0.2, -0.15) is 0 Å². The summed E-state index contributed by atoms with van der Waals surface area (Å²) in [6, 6.07) is 4.48. The maximum absolute atomic E-state index is 14.6. The van der Waals surface area contributed by atoms with Gasteiger partial charge in [-0.25, -0.2) is 8.78 Å². The molecule has 5 nitrogen and oxygen atoms in total. The van der Waals surface area contributed by atoms with Crippen LogP contribution in [-0.2, 0) is 13.5 Å². The minimum Gasteiger partial charge on any atom is -0.374 e. The standard InChI is InChI=1S/C15H11BrF2N4OS/c1-22-6-10(13-20-21-15(19)24-13)9(12(18)14(22)23)4-7-2-3-8(16)5-11(7)17/h2-3,5-6H,4H2,1H3,(H2,19,21). The van der Waals surface area contributed by atoms with E-state index in [4.69, 9.17) is 5.73 Å². The van der Waals surface area contributed by atoms with Gasteiger partial charge in [0.15, 0.2) is 10.8 Å². The molecule has 0 saturated heterocycles. The van der Waals surface area contributed by atoms with Gasteiger partial charge < -0.3 is 10.3 Å². The van der Waals surface area contributed by atoms with Gasteiger partial charge >= 0.3 is 0 Å². The number of rotatable bonds is 3. The van der Waals surface area contributed by atoms with E-state index in [1.54, 1.807) is 6.07 Å². The predicted molar refractivity (Wildman–Crippen MR) is 91.9 cm³/mol. The second kappa shape index (κ2) is 6.40. The van der Waals surface area contributed by atoms with Gasteiger partial charge in [-0.3, -0.25) is 4.79 Å². The Kier molecular flexibility index (Phi) is 4.46. The minimum absolute atomic E-state index is 0.0653. The first kappa shape index (κ1) is 16.7. The molecule has 1 aromatic carbocycles. The number of halogens is 3. The molecular formula is C15H11BrF2N4OS. The number of nitrogens with zero attached hydrogens (tertiary/aromatic N) is 3. The lowest BCUT2D eigenvalue weighted by molar-refractivity contribution is 0.573. The van der Waals surface area contributed by atoms with E-state index >= 15 is 0 Å². The molecule has 0 bridgehead atoms. The van der Waals surface area contributed by atoms with E-state index in [-0.39, 0.29) is 22.7 Å². The maximum atomic E-state index is 14.6. The summed E-state index contributed by atoms with van der Waals surface area (Å²) in [6.45, 7) is 0. The highest BCUT2D eigenvalue weighted by molar-refractivity contribution is 9.10. The van der Waals surface area contributed by atoms with Crippen LogP contribution in [0, 0.1) is 11.6 Å². The van der Waals surface area contributed by atoms with Crippen LogP contribution in [0.5, 0.6) is 0 Å². The third kappa shape index (κ3) is 3.09. The first-order valence-corrected chi connectivity index (χ1v) is 8.39. The van der Waals surface area contributed by atoms with Gasteiger partial charge in [0, 0.05) is 35.3 Å². The highest BCUT2D eigenvalue weighted by Crippen LogP contribution is 2.30. The SMILES string of the molecule is Cn1cc(-c2nnc(N)s2)c(Cc2ccc(Br)cc2F)c(F)c1=O. The van der Waals surface area contributed by atoms with Gasteiger partial charge in [0.05, 0.1) is 0 Å². The second-order valence-electron chi connectivity index (χ2n) is 5.11. The maximum Gasteiger partial charge on any atom is 0.286 e. The van der Waals surface area contributed by atoms with Crippen LogP contribution >= 0.6 is 27.3 Å². The summed E-state index contributed by atoms with van der Waals surface area (Å²) in [5, 5.41) is 8.20. The first-order valence-electron chi connectivity index (χ1n) is 6.78. The zero-order valence-corrected chi connectivity index (χ0v) is 14.8. The average molecular weight is 413 g/mol. The number of anilines is 1. The van der Waals surface area contributed by atoms with Crippen LogP contribution in [-0.4, -0.2) is 14.8 Å². The summed E-state index contributed by atoms with van der Waals surface area (Å²) in [6.07, 6.45) is 1.37. The molecule has 3 aromatic rings. The van der Waals surface area contributed by atoms with Crippen molar-refractivity contribution < 1.29 is 8.78 Å². The van der Waals surface area contributed by atoms with E-state index in [9.17, 15) is 13.6 Å². The molecule has 0 fully saturated rings. The van der Waals surface area contributed by atoms with Crippen molar-refractivity contribution in [2.24, 2.45) is 7.05 Å². The molecule has 9 heteroatoms. The summed E-state index contributed by atoms with van der Waals surface area (Å²) in [4.78, 5) is 11.9. The first-order chi connectivity index (χ1) is 11.4. The van der Waals surface area contributed by atoms with E-state index in [0.29, 0.717) is 15.0 Å². The quantitative estimate of drug-likeness (QED) is 0.716. The third-order valence-electron chi connectivity index (χ3n) is 3.47. The van der Waals surface area contributed by atoms with Crippen LogP contribution in [0.25, 0.3) is 10.6 Å². The van der Waals surface area contributed by atoms with Crippen LogP contribution in [0.15, 0.2) is 33.7 Å². The molecule has 0 atom stereocenters. The summed E-state index contributed by atoms with van der Waals surface area (Å²) in [5.74, 6) is -1.43. The topological polar surface area (TPSA) is 73.8 Å². The van der Waals surface area contributed by atoms with E-state index in [1.807, 2.05) is 0 Å². The van der Waals surface area contributed by atoms with Crippen molar-refractivity contribution in [1.82, 2.24) is 14.8 Å². The van der Waals surface area contributed by atoms with Gasteiger partial charge in [-0.1, -0.05) is 33.3 Å². The second-order valence-corrected chi connectivity index (χ2v) is 7.03. The van der Waals surface area contributed by atoms with E-state index < -0.39 is 17.2 Å². The number of benzene rings is 1. The average Bonchev–Trinajstić information content (AvgIpc) is 2.96. The van der Waals surface area contributed by atoms with Crippen LogP contribution in [0.1, 0.15) is 11.1 Å². The normalized spacial score (nSPS) is 11.0. The molecule has 0 radical (unpaired) electrons. The fraction of sp³-hybridized carbons (Fsp3) is 0.133. The number of hydrogen-bond acceptors (Lipinski definition) is 5. The number of aromatic nitrogens is 3. The molecule has 0 amide bonds. The fourth-order valence-corrected chi connectivity index (χ4v) is 3.27. The monoisotopic (exact) mass is 412 g/mol. The largest absolute Gasteiger partial charge is 0.374 e. The lowest BCUT2D eigenvalue weighted by Gasteiger charge is -2.11. The number of nitrogen functional groups attached to an aromatic ring is 1. The zero-order valence-electron chi connectivity index (χ0n) is 12.4. The Morgan fingerprint density at radius 3 is 2.71 bits per heavy atom. The summed E-state index contributed by atoms with van der Waals surface area (Å²) in [7, 11) is 1.43. The van der Waals surface area contributed by atoms with Crippen molar-refractivity contribution in [2.75, 3.05) is 5.73 Å². The third-order valence-corrected chi connectivity index (χ3v) is 4.75. The van der Waals surface area contributed by atoms with Crippen molar-refractivity contribution in [3.05, 3.63) is 62.0 Å². The van der Waals surface area contributed by atoms with E-state index in [1.165, 1.54) is 25.4 Å². The van der Waals surface area contributed by atoms with Gasteiger partial charge in [0.25, 0.3) is 5.56 Å². The summed E-state index contributed by atoms with van der Waals surface area (Å²) < 4.78 is 30.4. The highest BCUT2D eigenvalue weighted by atomic mass is 79.9. The van der Waals surface area contributed by atoms with Crippen molar-refractivity contribution in [1.29, 1.82) is 0 Å². The van der Waals surface area contributed by atoms with Crippen molar-refractivity contribution >= 4 is 32.4 Å². The van der Waals surface area contributed by atoms with Gasteiger partial charge in [-0.05, 0) is 17.7 Å². The number of nitrogens with two attached hydrogens (primary N) is 1. The molecule has 2 aromatic heterocycles. The lowest BCUT2D eigenvalue weighted by Crippen LogP contribution is -2.22. The van der Waals surface area contributed by atoms with Gasteiger partial charge in [0.1, 0.15) is 5.82 Å². The van der Waals surface area contributed by atoms with Crippen molar-refractivity contribution in [3.63, 3.8) is 0 Å². The molecule has 124 valence electrons. The van der Waals surface area contributed by atoms with E-state index in [2.05, 4.69) is 26.1 Å².